The van der Waals surface area contributed by atoms with Crippen LogP contribution in [0.4, 0.5) is 14.0 Å². The van der Waals surface area contributed by atoms with Crippen molar-refractivity contribution < 1.29 is 28.2 Å². The summed E-state index contributed by atoms with van der Waals surface area (Å²) in [5.41, 5.74) is -1.26. The third-order valence-electron chi connectivity index (χ3n) is 3.47. The number of imide groups is 1. The summed E-state index contributed by atoms with van der Waals surface area (Å²) in [6, 6.07) is 4.52. The zero-order chi connectivity index (χ0) is 21.3. The van der Waals surface area contributed by atoms with Crippen LogP contribution in [0, 0.1) is 5.82 Å². The van der Waals surface area contributed by atoms with Crippen molar-refractivity contribution in [2.75, 3.05) is 0 Å². The molecule has 8 heteroatoms. The molecule has 0 saturated heterocycles. The lowest BCUT2D eigenvalue weighted by Gasteiger charge is -2.40. The Morgan fingerprint density at radius 2 is 1.43 bits per heavy atom. The maximum atomic E-state index is 13.3. The second-order valence-electron chi connectivity index (χ2n) is 8.31. The summed E-state index contributed by atoms with van der Waals surface area (Å²) in [6.07, 6.45) is 0.685. The Bertz CT molecular complexity index is 790. The summed E-state index contributed by atoms with van der Waals surface area (Å²) < 4.78 is 24.0. The molecule has 28 heavy (non-hydrogen) atoms. The number of amides is 3. The third-order valence-corrected chi connectivity index (χ3v) is 3.47. The van der Waals surface area contributed by atoms with E-state index in [1.165, 1.54) is 36.4 Å². The number of hydrogen-bond donors (Lipinski definition) is 0. The Balaban J connectivity index is 2.50. The summed E-state index contributed by atoms with van der Waals surface area (Å²) in [5, 5.41) is 1.49. The van der Waals surface area contributed by atoms with Crippen LogP contribution in [0.3, 0.4) is 0 Å². The minimum absolute atomic E-state index is 0.451. The molecule has 1 heterocycles. The summed E-state index contributed by atoms with van der Waals surface area (Å²) in [4.78, 5) is 38.0. The molecule has 0 saturated carbocycles. The Morgan fingerprint density at radius 3 is 1.93 bits per heavy atom. The van der Waals surface area contributed by atoms with Gasteiger partial charge in [0.2, 0.25) is 0 Å². The highest BCUT2D eigenvalue weighted by molar-refractivity contribution is 6.00. The molecule has 1 aromatic rings. The predicted molar refractivity (Wildman–Crippen MR) is 99.4 cm³/mol. The average molecular weight is 392 g/mol. The van der Waals surface area contributed by atoms with Gasteiger partial charge >= 0.3 is 12.2 Å². The molecule has 0 aromatic heterocycles. The summed E-state index contributed by atoms with van der Waals surface area (Å²) in [6.45, 7) is 9.92. The topological polar surface area (TPSA) is 76.2 Å². The molecule has 2 rings (SSSR count). The van der Waals surface area contributed by atoms with Crippen molar-refractivity contribution in [2.24, 2.45) is 0 Å². The monoisotopic (exact) mass is 392 g/mol. The molecule has 1 atom stereocenters. The standard InChI is InChI=1S/C20H25FN2O5/c1-19(2,3)27-17(25)22-15(13-7-9-14(21)10-8-13)11-12-16(24)23(22)18(26)28-20(4,5)6/h7-12,15H,1-6H3/t15-/m1/s1. The van der Waals surface area contributed by atoms with Gasteiger partial charge in [-0.05, 0) is 65.3 Å². The summed E-state index contributed by atoms with van der Waals surface area (Å²) >= 11 is 0. The maximum absolute atomic E-state index is 13.3. The normalized spacial score (nSPS) is 17.5. The Morgan fingerprint density at radius 1 is 0.929 bits per heavy atom. The molecule has 0 N–H and O–H groups in total. The zero-order valence-electron chi connectivity index (χ0n) is 16.9. The fourth-order valence-electron chi connectivity index (χ4n) is 2.46. The van der Waals surface area contributed by atoms with Crippen molar-refractivity contribution in [1.29, 1.82) is 0 Å². The molecule has 7 nitrogen and oxygen atoms in total. The van der Waals surface area contributed by atoms with Crippen LogP contribution in [-0.2, 0) is 14.3 Å². The van der Waals surface area contributed by atoms with Crippen LogP contribution in [-0.4, -0.2) is 39.3 Å². The van der Waals surface area contributed by atoms with Crippen LogP contribution in [0.5, 0.6) is 0 Å². The Kier molecular flexibility index (Phi) is 5.82. The van der Waals surface area contributed by atoms with E-state index in [4.69, 9.17) is 9.47 Å². The van der Waals surface area contributed by atoms with Gasteiger partial charge in [0.1, 0.15) is 23.1 Å². The van der Waals surface area contributed by atoms with Gasteiger partial charge in [0.05, 0.1) is 0 Å². The van der Waals surface area contributed by atoms with Crippen molar-refractivity contribution in [3.05, 3.63) is 47.8 Å². The fraction of sp³-hybridized carbons (Fsp3) is 0.450. The highest BCUT2D eigenvalue weighted by Gasteiger charge is 2.43. The number of rotatable bonds is 1. The second-order valence-corrected chi connectivity index (χ2v) is 8.31. The van der Waals surface area contributed by atoms with Gasteiger partial charge in [-0.25, -0.2) is 14.0 Å². The van der Waals surface area contributed by atoms with E-state index in [0.717, 1.165) is 5.01 Å². The molecule has 0 fully saturated rings. The van der Waals surface area contributed by atoms with Crippen LogP contribution in [0.15, 0.2) is 36.4 Å². The molecule has 0 aliphatic carbocycles. The lowest BCUT2D eigenvalue weighted by molar-refractivity contribution is -0.144. The van der Waals surface area contributed by atoms with Gasteiger partial charge in [0.25, 0.3) is 5.91 Å². The van der Waals surface area contributed by atoms with E-state index in [0.29, 0.717) is 10.6 Å². The average Bonchev–Trinajstić information content (AvgIpc) is 2.52. The Labute approximate surface area is 163 Å². The number of benzene rings is 1. The number of hydrogen-bond acceptors (Lipinski definition) is 5. The SMILES string of the molecule is CC(C)(C)OC(=O)N1C(=O)C=C[C@H](c2ccc(F)cc2)N1C(=O)OC(C)(C)C. The van der Waals surface area contributed by atoms with Crippen molar-refractivity contribution >= 4 is 18.1 Å². The van der Waals surface area contributed by atoms with Crippen LogP contribution in [0.2, 0.25) is 0 Å². The molecule has 3 amide bonds. The quantitative estimate of drug-likeness (QED) is 0.710. The van der Waals surface area contributed by atoms with E-state index in [-0.39, 0.29) is 0 Å². The molecular weight excluding hydrogens is 367 g/mol. The van der Waals surface area contributed by atoms with E-state index in [9.17, 15) is 18.8 Å². The number of halogens is 1. The van der Waals surface area contributed by atoms with Crippen LogP contribution < -0.4 is 0 Å². The second kappa shape index (κ2) is 7.61. The first kappa shape index (κ1) is 21.4. The number of ether oxygens (including phenoxy) is 2. The van der Waals surface area contributed by atoms with Crippen molar-refractivity contribution in [3.8, 4) is 0 Å². The first-order valence-corrected chi connectivity index (χ1v) is 8.81. The number of carbonyl (C=O) groups is 3. The zero-order valence-corrected chi connectivity index (χ0v) is 16.9. The predicted octanol–water partition coefficient (Wildman–Crippen LogP) is 4.35. The lowest BCUT2D eigenvalue weighted by atomic mass is 10.0. The van der Waals surface area contributed by atoms with Crippen LogP contribution >= 0.6 is 0 Å². The van der Waals surface area contributed by atoms with Gasteiger partial charge in [0.15, 0.2) is 0 Å². The molecule has 0 spiro atoms. The maximum Gasteiger partial charge on any atom is 0.437 e. The molecule has 0 unspecified atom stereocenters. The van der Waals surface area contributed by atoms with Gasteiger partial charge < -0.3 is 9.47 Å². The van der Waals surface area contributed by atoms with Gasteiger partial charge in [-0.1, -0.05) is 12.1 Å². The highest BCUT2D eigenvalue weighted by Crippen LogP contribution is 2.31. The molecule has 1 aliphatic heterocycles. The number of carbonyl (C=O) groups excluding carboxylic acids is 3. The van der Waals surface area contributed by atoms with Gasteiger partial charge in [0, 0.05) is 6.08 Å². The largest absolute Gasteiger partial charge is 0.442 e. The van der Waals surface area contributed by atoms with Gasteiger partial charge in [-0.3, -0.25) is 4.79 Å². The van der Waals surface area contributed by atoms with Crippen LogP contribution in [0.25, 0.3) is 0 Å². The van der Waals surface area contributed by atoms with Crippen LogP contribution in [0.1, 0.15) is 53.1 Å². The van der Waals surface area contributed by atoms with E-state index < -0.39 is 41.2 Å². The molecule has 0 bridgehead atoms. The van der Waals surface area contributed by atoms with E-state index in [1.54, 1.807) is 41.5 Å². The summed E-state index contributed by atoms with van der Waals surface area (Å²) in [5.74, 6) is -1.20. The molecule has 0 radical (unpaired) electrons. The third kappa shape index (κ3) is 5.31. The molecule has 152 valence electrons. The van der Waals surface area contributed by atoms with Crippen molar-refractivity contribution in [2.45, 2.75) is 58.8 Å². The molecule has 1 aromatic carbocycles. The number of hydrazine groups is 1. The molecule has 1 aliphatic rings. The number of nitrogens with zero attached hydrogens (tertiary/aromatic N) is 2. The summed E-state index contributed by atoms with van der Waals surface area (Å²) in [7, 11) is 0. The van der Waals surface area contributed by atoms with E-state index in [1.807, 2.05) is 0 Å². The minimum atomic E-state index is -1.01. The van der Waals surface area contributed by atoms with Crippen molar-refractivity contribution in [1.82, 2.24) is 10.0 Å². The van der Waals surface area contributed by atoms with E-state index in [2.05, 4.69) is 0 Å². The van der Waals surface area contributed by atoms with E-state index >= 15 is 0 Å². The first-order valence-electron chi connectivity index (χ1n) is 8.81. The highest BCUT2D eigenvalue weighted by atomic mass is 19.1. The smallest absolute Gasteiger partial charge is 0.437 e. The molecular formula is C20H25FN2O5. The fourth-order valence-corrected chi connectivity index (χ4v) is 2.46. The van der Waals surface area contributed by atoms with Gasteiger partial charge in [-0.2, -0.15) is 5.01 Å². The first-order chi connectivity index (χ1) is 12.8. The lowest BCUT2D eigenvalue weighted by Crippen LogP contribution is -2.57. The van der Waals surface area contributed by atoms with Gasteiger partial charge in [-0.15, -0.1) is 5.01 Å². The van der Waals surface area contributed by atoms with Crippen molar-refractivity contribution in [3.63, 3.8) is 0 Å². The minimum Gasteiger partial charge on any atom is -0.442 e. The Hall–Kier alpha value is -2.90.